The van der Waals surface area contributed by atoms with Crippen LogP contribution in [-0.4, -0.2) is 32.2 Å². The van der Waals surface area contributed by atoms with Gasteiger partial charge in [0.25, 0.3) is 0 Å². The van der Waals surface area contributed by atoms with Gasteiger partial charge in [0.05, 0.1) is 31.4 Å². The molecule has 26 heavy (non-hydrogen) atoms. The van der Waals surface area contributed by atoms with Crippen LogP contribution in [0.15, 0.2) is 54.6 Å². The maximum absolute atomic E-state index is 12.2. The van der Waals surface area contributed by atoms with Gasteiger partial charge >= 0.3 is 11.9 Å². The highest BCUT2D eigenvalue weighted by atomic mass is 16.5. The zero-order chi connectivity index (χ0) is 19.1. The van der Waals surface area contributed by atoms with E-state index in [2.05, 4.69) is 0 Å². The summed E-state index contributed by atoms with van der Waals surface area (Å²) in [4.78, 5) is 26.4. The molecule has 2 rings (SSSR count). The molecule has 0 aliphatic carbocycles. The van der Waals surface area contributed by atoms with Crippen LogP contribution in [0.25, 0.3) is 0 Å². The minimum absolute atomic E-state index is 0.187. The largest absolute Gasteiger partial charge is 0.469 e. The summed E-state index contributed by atoms with van der Waals surface area (Å²) in [5, 5.41) is 0. The van der Waals surface area contributed by atoms with Crippen molar-refractivity contribution in [2.45, 2.75) is 26.4 Å². The van der Waals surface area contributed by atoms with E-state index in [4.69, 9.17) is 9.47 Å². The van der Waals surface area contributed by atoms with Gasteiger partial charge in [0.2, 0.25) is 0 Å². The van der Waals surface area contributed by atoms with Crippen molar-refractivity contribution in [2.75, 3.05) is 19.1 Å². The van der Waals surface area contributed by atoms with Crippen LogP contribution in [-0.2, 0) is 20.8 Å². The number of methoxy groups -OCH3 is 2. The fourth-order valence-electron chi connectivity index (χ4n) is 2.89. The molecule has 0 radical (unpaired) electrons. The summed E-state index contributed by atoms with van der Waals surface area (Å²) in [5.74, 6) is -1.06. The second-order valence-electron chi connectivity index (χ2n) is 6.17. The van der Waals surface area contributed by atoms with Crippen LogP contribution in [0, 0.1) is 5.92 Å². The first-order valence-electron chi connectivity index (χ1n) is 8.55. The van der Waals surface area contributed by atoms with Crippen molar-refractivity contribution in [3.63, 3.8) is 0 Å². The van der Waals surface area contributed by atoms with Gasteiger partial charge in [-0.15, -0.1) is 0 Å². The topological polar surface area (TPSA) is 55.8 Å². The van der Waals surface area contributed by atoms with Gasteiger partial charge < -0.3 is 14.4 Å². The molecule has 2 atom stereocenters. The lowest BCUT2D eigenvalue weighted by Gasteiger charge is -2.35. The fourth-order valence-corrected chi connectivity index (χ4v) is 2.89. The number of carbonyl (C=O) groups is 2. The van der Waals surface area contributed by atoms with Crippen molar-refractivity contribution in [1.29, 1.82) is 0 Å². The van der Waals surface area contributed by atoms with Crippen molar-refractivity contribution in [1.82, 2.24) is 0 Å². The highest BCUT2D eigenvalue weighted by Crippen LogP contribution is 2.28. The zero-order valence-corrected chi connectivity index (χ0v) is 15.6. The molecule has 1 unspecified atom stereocenters. The minimum Gasteiger partial charge on any atom is -0.469 e. The van der Waals surface area contributed by atoms with Crippen LogP contribution in [0.5, 0.6) is 0 Å². The molecule has 0 saturated heterocycles. The molecule has 5 nitrogen and oxygen atoms in total. The Morgan fingerprint density at radius 1 is 0.923 bits per heavy atom. The van der Waals surface area contributed by atoms with Gasteiger partial charge in [-0.05, 0) is 31.5 Å². The fraction of sp³-hybridized carbons (Fsp3) is 0.333. The van der Waals surface area contributed by atoms with Gasteiger partial charge in [-0.2, -0.15) is 0 Å². The Hall–Kier alpha value is -2.82. The Balaban J connectivity index is 2.47. The Morgan fingerprint density at radius 2 is 1.54 bits per heavy atom. The third-order valence-corrected chi connectivity index (χ3v) is 4.60. The van der Waals surface area contributed by atoms with E-state index >= 15 is 0 Å². The van der Waals surface area contributed by atoms with Crippen molar-refractivity contribution >= 4 is 17.6 Å². The van der Waals surface area contributed by atoms with Crippen LogP contribution >= 0.6 is 0 Å². The molecule has 0 amide bonds. The molecule has 0 spiro atoms. The lowest BCUT2D eigenvalue weighted by molar-refractivity contribution is -0.145. The molecule has 0 aromatic heterocycles. The number of hydrogen-bond donors (Lipinski definition) is 0. The number of benzene rings is 2. The van der Waals surface area contributed by atoms with E-state index in [1.54, 1.807) is 12.1 Å². The lowest BCUT2D eigenvalue weighted by Crippen LogP contribution is -2.41. The molecule has 0 aliphatic rings. The van der Waals surface area contributed by atoms with Gasteiger partial charge in [-0.25, -0.2) is 4.79 Å². The number of ether oxygens (including phenoxy) is 2. The van der Waals surface area contributed by atoms with Crippen LogP contribution in [0.4, 0.5) is 5.69 Å². The number of para-hydroxylation sites is 1. The summed E-state index contributed by atoms with van der Waals surface area (Å²) in [6.07, 6.45) is 0. The van der Waals surface area contributed by atoms with Gasteiger partial charge in [-0.1, -0.05) is 42.5 Å². The Kier molecular flexibility index (Phi) is 6.78. The van der Waals surface area contributed by atoms with Crippen molar-refractivity contribution in [3.8, 4) is 0 Å². The van der Waals surface area contributed by atoms with Crippen LogP contribution in [0.1, 0.15) is 29.8 Å². The zero-order valence-electron chi connectivity index (χ0n) is 15.6. The van der Waals surface area contributed by atoms with E-state index in [1.165, 1.54) is 14.2 Å². The SMILES string of the molecule is COC(=O)c1ccccc1N(Cc1ccccc1)C(C)[C@H](C)C(=O)OC. The van der Waals surface area contributed by atoms with E-state index in [9.17, 15) is 9.59 Å². The molecule has 2 aromatic carbocycles. The minimum atomic E-state index is -0.406. The molecular formula is C21H25NO4. The van der Waals surface area contributed by atoms with Gasteiger partial charge in [0.15, 0.2) is 0 Å². The molecule has 0 saturated carbocycles. The first-order chi connectivity index (χ1) is 12.5. The predicted molar refractivity (Wildman–Crippen MR) is 101 cm³/mol. The number of nitrogens with zero attached hydrogens (tertiary/aromatic N) is 1. The molecule has 5 heteroatoms. The molecule has 138 valence electrons. The number of rotatable bonds is 7. The standard InChI is InChI=1S/C21H25NO4/c1-15(20(23)25-3)16(2)22(14-17-10-6-5-7-11-17)19-13-9-8-12-18(19)21(24)26-4/h5-13,15-16H,14H2,1-4H3/t15-,16?/m0/s1. The van der Waals surface area contributed by atoms with Crippen molar-refractivity contribution < 1.29 is 19.1 Å². The molecule has 0 bridgehead atoms. The van der Waals surface area contributed by atoms with Gasteiger partial charge in [0.1, 0.15) is 0 Å². The first kappa shape index (κ1) is 19.5. The summed E-state index contributed by atoms with van der Waals surface area (Å²) >= 11 is 0. The summed E-state index contributed by atoms with van der Waals surface area (Å²) in [6.45, 7) is 4.34. The number of hydrogen-bond acceptors (Lipinski definition) is 5. The smallest absolute Gasteiger partial charge is 0.339 e. The van der Waals surface area contributed by atoms with E-state index in [0.29, 0.717) is 12.1 Å². The third kappa shape index (κ3) is 4.42. The summed E-state index contributed by atoms with van der Waals surface area (Å²) in [6, 6.07) is 17.0. The maximum atomic E-state index is 12.2. The van der Waals surface area contributed by atoms with Gasteiger partial charge in [0, 0.05) is 12.6 Å². The lowest BCUT2D eigenvalue weighted by atomic mass is 9.99. The van der Waals surface area contributed by atoms with E-state index in [1.807, 2.05) is 61.2 Å². The van der Waals surface area contributed by atoms with Crippen molar-refractivity contribution in [2.24, 2.45) is 5.92 Å². The monoisotopic (exact) mass is 355 g/mol. The highest BCUT2D eigenvalue weighted by molar-refractivity contribution is 5.96. The molecular weight excluding hydrogens is 330 g/mol. The van der Waals surface area contributed by atoms with Gasteiger partial charge in [-0.3, -0.25) is 4.79 Å². The molecule has 0 aliphatic heterocycles. The maximum Gasteiger partial charge on any atom is 0.339 e. The second kappa shape index (κ2) is 9.04. The molecule has 0 N–H and O–H groups in total. The normalized spacial score (nSPS) is 12.8. The first-order valence-corrected chi connectivity index (χ1v) is 8.55. The molecule has 2 aromatic rings. The Morgan fingerprint density at radius 3 is 2.15 bits per heavy atom. The average molecular weight is 355 g/mol. The van der Waals surface area contributed by atoms with Crippen LogP contribution < -0.4 is 4.90 Å². The molecule has 0 fully saturated rings. The summed E-state index contributed by atoms with van der Waals surface area (Å²) in [5.41, 5.74) is 2.28. The van der Waals surface area contributed by atoms with E-state index < -0.39 is 5.97 Å². The van der Waals surface area contributed by atoms with Crippen molar-refractivity contribution in [3.05, 3.63) is 65.7 Å². The third-order valence-electron chi connectivity index (χ3n) is 4.60. The van der Waals surface area contributed by atoms with Crippen LogP contribution in [0.2, 0.25) is 0 Å². The summed E-state index contributed by atoms with van der Waals surface area (Å²) < 4.78 is 9.84. The predicted octanol–water partition coefficient (Wildman–Crippen LogP) is 3.68. The Labute approximate surface area is 154 Å². The summed E-state index contributed by atoms with van der Waals surface area (Å²) in [7, 11) is 2.75. The number of esters is 2. The highest BCUT2D eigenvalue weighted by Gasteiger charge is 2.29. The second-order valence-corrected chi connectivity index (χ2v) is 6.17. The quantitative estimate of drug-likeness (QED) is 0.709. The molecule has 0 heterocycles. The van der Waals surface area contributed by atoms with E-state index in [-0.39, 0.29) is 17.9 Å². The Bertz CT molecular complexity index is 745. The average Bonchev–Trinajstić information content (AvgIpc) is 2.70. The number of carbonyl (C=O) groups excluding carboxylic acids is 2. The van der Waals surface area contributed by atoms with Crippen LogP contribution in [0.3, 0.4) is 0 Å². The van der Waals surface area contributed by atoms with E-state index in [0.717, 1.165) is 11.3 Å². The number of anilines is 1.